The molecule has 3 atom stereocenters. The molecule has 2 heterocycles. The molecule has 0 radical (unpaired) electrons. The molecular formula is C15H18BrNO2. The van der Waals surface area contributed by atoms with E-state index in [1.807, 2.05) is 6.07 Å². The van der Waals surface area contributed by atoms with Gasteiger partial charge in [-0.3, -0.25) is 4.79 Å². The highest BCUT2D eigenvalue weighted by Crippen LogP contribution is 2.37. The summed E-state index contributed by atoms with van der Waals surface area (Å²) in [7, 11) is 0. The highest BCUT2D eigenvalue weighted by molar-refractivity contribution is 9.09. The fourth-order valence-corrected chi connectivity index (χ4v) is 3.84. The zero-order valence-electron chi connectivity index (χ0n) is 11.0. The number of nitrogens with one attached hydrogen (secondary N) is 1. The molecule has 3 unspecified atom stereocenters. The van der Waals surface area contributed by atoms with Gasteiger partial charge in [0, 0.05) is 18.7 Å². The second-order valence-electron chi connectivity index (χ2n) is 5.43. The Bertz CT molecular complexity index is 503. The van der Waals surface area contributed by atoms with Crippen LogP contribution in [0.4, 0.5) is 0 Å². The van der Waals surface area contributed by atoms with Gasteiger partial charge in [-0.1, -0.05) is 35.0 Å². The van der Waals surface area contributed by atoms with Crippen LogP contribution >= 0.6 is 15.9 Å². The highest BCUT2D eigenvalue weighted by Gasteiger charge is 2.32. The van der Waals surface area contributed by atoms with Crippen LogP contribution in [0.15, 0.2) is 18.2 Å². The predicted octanol–water partition coefficient (Wildman–Crippen LogP) is 2.83. The van der Waals surface area contributed by atoms with Gasteiger partial charge in [-0.15, -0.1) is 0 Å². The van der Waals surface area contributed by atoms with Gasteiger partial charge >= 0.3 is 0 Å². The maximum Gasteiger partial charge on any atom is 0.251 e. The normalized spacial score (nSPS) is 27.8. The van der Waals surface area contributed by atoms with Crippen molar-refractivity contribution >= 4 is 21.8 Å². The SMILES string of the molecule is CC1CCOC1C(Br)c1ccc2c(c1)C(=O)NCC2. The summed E-state index contributed by atoms with van der Waals surface area (Å²) in [5.74, 6) is 0.595. The third-order valence-electron chi connectivity index (χ3n) is 4.11. The Labute approximate surface area is 121 Å². The predicted molar refractivity (Wildman–Crippen MR) is 77.7 cm³/mol. The number of halogens is 1. The summed E-state index contributed by atoms with van der Waals surface area (Å²) in [6.45, 7) is 3.79. The first-order chi connectivity index (χ1) is 9.16. The molecular weight excluding hydrogens is 306 g/mol. The van der Waals surface area contributed by atoms with Gasteiger partial charge in [0.15, 0.2) is 0 Å². The molecule has 1 fully saturated rings. The van der Waals surface area contributed by atoms with Crippen molar-refractivity contribution in [2.45, 2.75) is 30.7 Å². The van der Waals surface area contributed by atoms with Crippen LogP contribution in [0, 0.1) is 5.92 Å². The number of fused-ring (bicyclic) bond motifs is 1. The average molecular weight is 324 g/mol. The number of rotatable bonds is 2. The summed E-state index contributed by atoms with van der Waals surface area (Å²) >= 11 is 3.74. The lowest BCUT2D eigenvalue weighted by atomic mass is 9.93. The van der Waals surface area contributed by atoms with Gasteiger partial charge in [-0.05, 0) is 36.0 Å². The van der Waals surface area contributed by atoms with Crippen LogP contribution in [0.5, 0.6) is 0 Å². The van der Waals surface area contributed by atoms with Gasteiger partial charge in [0.2, 0.25) is 0 Å². The van der Waals surface area contributed by atoms with Gasteiger partial charge in [-0.25, -0.2) is 0 Å². The Morgan fingerprint density at radius 2 is 2.32 bits per heavy atom. The average Bonchev–Trinajstić information content (AvgIpc) is 2.84. The second-order valence-corrected chi connectivity index (χ2v) is 6.41. The minimum Gasteiger partial charge on any atom is -0.376 e. The van der Waals surface area contributed by atoms with E-state index in [0.717, 1.165) is 42.7 Å². The lowest BCUT2D eigenvalue weighted by molar-refractivity contribution is 0.0926. The lowest BCUT2D eigenvalue weighted by Crippen LogP contribution is -2.32. The maximum absolute atomic E-state index is 11.9. The molecule has 0 spiro atoms. The standard InChI is InChI=1S/C15H18BrNO2/c1-9-5-7-19-14(9)13(16)11-3-2-10-4-6-17-15(18)12(10)8-11/h2-3,8-9,13-14H,4-7H2,1H3,(H,17,18). The molecule has 0 aliphatic carbocycles. The number of hydrogen-bond acceptors (Lipinski definition) is 2. The first-order valence-corrected chi connectivity index (χ1v) is 7.75. The van der Waals surface area contributed by atoms with Crippen molar-refractivity contribution in [3.05, 3.63) is 34.9 Å². The Kier molecular flexibility index (Phi) is 3.63. The van der Waals surface area contributed by atoms with E-state index in [-0.39, 0.29) is 16.8 Å². The molecule has 1 aromatic carbocycles. The molecule has 2 aliphatic heterocycles. The van der Waals surface area contributed by atoms with E-state index in [9.17, 15) is 4.79 Å². The van der Waals surface area contributed by atoms with Crippen molar-refractivity contribution in [2.24, 2.45) is 5.92 Å². The number of amides is 1. The Hall–Kier alpha value is -0.870. The first-order valence-electron chi connectivity index (χ1n) is 6.83. The Balaban J connectivity index is 1.89. The zero-order valence-corrected chi connectivity index (χ0v) is 12.6. The number of alkyl halides is 1. The number of carbonyl (C=O) groups excluding carboxylic acids is 1. The molecule has 1 N–H and O–H groups in total. The second kappa shape index (κ2) is 5.25. The molecule has 0 saturated carbocycles. The van der Waals surface area contributed by atoms with Crippen molar-refractivity contribution in [3.8, 4) is 0 Å². The molecule has 1 saturated heterocycles. The fourth-order valence-electron chi connectivity index (χ4n) is 2.88. The topological polar surface area (TPSA) is 38.3 Å². The van der Waals surface area contributed by atoms with Crippen molar-refractivity contribution < 1.29 is 9.53 Å². The van der Waals surface area contributed by atoms with Crippen LogP contribution in [0.25, 0.3) is 0 Å². The van der Waals surface area contributed by atoms with Crippen LogP contribution in [0.2, 0.25) is 0 Å². The lowest BCUT2D eigenvalue weighted by Gasteiger charge is -2.23. The van der Waals surface area contributed by atoms with Crippen molar-refractivity contribution in [1.29, 1.82) is 0 Å². The zero-order chi connectivity index (χ0) is 13.4. The third kappa shape index (κ3) is 2.43. The molecule has 3 rings (SSSR count). The first kappa shape index (κ1) is 13.1. The van der Waals surface area contributed by atoms with E-state index < -0.39 is 0 Å². The third-order valence-corrected chi connectivity index (χ3v) is 5.16. The van der Waals surface area contributed by atoms with Gasteiger partial charge in [0.25, 0.3) is 5.91 Å². The molecule has 1 amide bonds. The van der Waals surface area contributed by atoms with E-state index in [4.69, 9.17) is 4.74 Å². The van der Waals surface area contributed by atoms with Crippen LogP contribution in [0.1, 0.15) is 39.7 Å². The Morgan fingerprint density at radius 3 is 3.05 bits per heavy atom. The summed E-state index contributed by atoms with van der Waals surface area (Å²) in [5, 5.41) is 2.90. The maximum atomic E-state index is 11.9. The summed E-state index contributed by atoms with van der Waals surface area (Å²) in [6, 6.07) is 6.21. The monoisotopic (exact) mass is 323 g/mol. The molecule has 19 heavy (non-hydrogen) atoms. The highest BCUT2D eigenvalue weighted by atomic mass is 79.9. The molecule has 2 aliphatic rings. The molecule has 102 valence electrons. The molecule has 0 aromatic heterocycles. The van der Waals surface area contributed by atoms with Crippen LogP contribution in [0.3, 0.4) is 0 Å². The minimum atomic E-state index is 0.0446. The number of benzene rings is 1. The summed E-state index contributed by atoms with van der Waals surface area (Å²) in [4.78, 5) is 12.0. The molecule has 4 heteroatoms. The van der Waals surface area contributed by atoms with Crippen molar-refractivity contribution in [1.82, 2.24) is 5.32 Å². The van der Waals surface area contributed by atoms with Crippen LogP contribution in [-0.2, 0) is 11.2 Å². The van der Waals surface area contributed by atoms with Gasteiger partial charge in [0.05, 0.1) is 10.9 Å². The quantitative estimate of drug-likeness (QED) is 0.850. The number of ether oxygens (including phenoxy) is 1. The molecule has 0 bridgehead atoms. The van der Waals surface area contributed by atoms with Crippen molar-refractivity contribution in [3.63, 3.8) is 0 Å². The van der Waals surface area contributed by atoms with Gasteiger partial charge < -0.3 is 10.1 Å². The Morgan fingerprint density at radius 1 is 1.47 bits per heavy atom. The number of carbonyl (C=O) groups is 1. The van der Waals surface area contributed by atoms with Crippen LogP contribution in [-0.4, -0.2) is 25.2 Å². The summed E-state index contributed by atoms with van der Waals surface area (Å²) in [6.07, 6.45) is 2.23. The van der Waals surface area contributed by atoms with Crippen LogP contribution < -0.4 is 5.32 Å². The van der Waals surface area contributed by atoms with E-state index in [1.54, 1.807) is 0 Å². The van der Waals surface area contributed by atoms with Gasteiger partial charge in [0.1, 0.15) is 0 Å². The summed E-state index contributed by atoms with van der Waals surface area (Å²) in [5.41, 5.74) is 3.10. The van der Waals surface area contributed by atoms with Gasteiger partial charge in [-0.2, -0.15) is 0 Å². The van der Waals surface area contributed by atoms with E-state index in [0.29, 0.717) is 5.92 Å². The largest absolute Gasteiger partial charge is 0.376 e. The fraction of sp³-hybridized carbons (Fsp3) is 0.533. The van der Waals surface area contributed by atoms with E-state index >= 15 is 0 Å². The van der Waals surface area contributed by atoms with E-state index in [1.165, 1.54) is 0 Å². The minimum absolute atomic E-state index is 0.0446. The van der Waals surface area contributed by atoms with Crippen molar-refractivity contribution in [2.75, 3.05) is 13.2 Å². The molecule has 3 nitrogen and oxygen atoms in total. The smallest absolute Gasteiger partial charge is 0.251 e. The number of hydrogen-bond donors (Lipinski definition) is 1. The molecule has 1 aromatic rings. The summed E-state index contributed by atoms with van der Waals surface area (Å²) < 4.78 is 5.80. The van der Waals surface area contributed by atoms with E-state index in [2.05, 4.69) is 40.3 Å².